The van der Waals surface area contributed by atoms with Crippen molar-refractivity contribution >= 4 is 26.4 Å². The molecule has 0 atom stereocenters. The van der Waals surface area contributed by atoms with Crippen LogP contribution in [-0.2, 0) is 17.4 Å². The van der Waals surface area contributed by atoms with Crippen LogP contribution < -0.4 is 51.4 Å². The van der Waals surface area contributed by atoms with Gasteiger partial charge in [-0.15, -0.1) is 0 Å². The molecule has 0 spiro atoms. The van der Waals surface area contributed by atoms with Gasteiger partial charge in [0.2, 0.25) is 0 Å². The summed E-state index contributed by atoms with van der Waals surface area (Å²) in [5.41, 5.74) is 0. The van der Waals surface area contributed by atoms with Gasteiger partial charge >= 0.3 is 60.4 Å². The Hall–Kier alpha value is 2.65. The standard InChI is InChI=1S/Al.Cr.FH.K.H4O4Si.H2O.4H/c;;;;1-5(2,3)4;;;;;/h;;1H;;1-4H;1H2;;;;/q;;;+1;;;;;;-1. The fraction of sp³-hybridized carbons (Fsp3) is 0. The number of hydrogen-bond donors (Lipinski definition) is 4. The van der Waals surface area contributed by atoms with Crippen molar-refractivity contribution in [2.24, 2.45) is 0 Å². The first-order valence-electron chi connectivity index (χ1n) is 0.894. The van der Waals surface area contributed by atoms with Gasteiger partial charge < -0.3 is 26.1 Å². The SMILES string of the molecule is F.O.O[Si](O)(O)O.[AlH3].[Cr].[H-].[K+]. The number of hydrogen-bond acceptors (Lipinski definition) is 4. The van der Waals surface area contributed by atoms with Crippen LogP contribution in [0.5, 0.6) is 0 Å². The monoisotopic (exact) mass is 256 g/mol. The summed E-state index contributed by atoms with van der Waals surface area (Å²) < 4.78 is 0. The van der Waals surface area contributed by atoms with Gasteiger partial charge in [0, 0.05) is 17.4 Å². The second-order valence-corrected chi connectivity index (χ2v) is 1.80. The Morgan fingerprint density at radius 3 is 1.00 bits per heavy atom. The van der Waals surface area contributed by atoms with E-state index in [0.717, 1.165) is 0 Å². The zero-order valence-electron chi connectivity index (χ0n) is 5.61. The molecule has 0 aromatic carbocycles. The zero-order valence-corrected chi connectivity index (χ0v) is 10.0. The normalized spacial score (nSPS) is 6.00. The van der Waals surface area contributed by atoms with E-state index >= 15 is 0 Å². The van der Waals surface area contributed by atoms with Gasteiger partial charge in [0.1, 0.15) is 0 Å². The van der Waals surface area contributed by atoms with Gasteiger partial charge in [-0.25, -0.2) is 0 Å². The predicted octanol–water partition coefficient (Wildman–Crippen LogP) is -7.35. The van der Waals surface area contributed by atoms with Crippen LogP contribution in [-0.4, -0.2) is 51.1 Å². The van der Waals surface area contributed by atoms with E-state index in [1.165, 1.54) is 0 Å². The average Bonchev–Trinajstić information content (AvgIpc) is 0.722. The smallest absolute Gasteiger partial charge is 1.00 e. The molecule has 6 N–H and O–H groups in total. The Labute approximate surface area is 124 Å². The summed E-state index contributed by atoms with van der Waals surface area (Å²) in [7, 11) is -4.61. The Balaban J connectivity index is -0.00000000533. The molecule has 0 amide bonds. The molecule has 0 radical (unpaired) electrons. The molecule has 10 heavy (non-hydrogen) atoms. The van der Waals surface area contributed by atoms with Gasteiger partial charge in [-0.1, -0.05) is 0 Å². The van der Waals surface area contributed by atoms with E-state index in [0.29, 0.717) is 0 Å². The molecule has 0 aliphatic rings. The van der Waals surface area contributed by atoms with Crippen molar-refractivity contribution in [2.45, 2.75) is 0 Å². The third-order valence-electron chi connectivity index (χ3n) is 0. The van der Waals surface area contributed by atoms with E-state index < -0.39 is 9.05 Å². The third-order valence-corrected chi connectivity index (χ3v) is 0. The molecule has 10 heteroatoms. The summed E-state index contributed by atoms with van der Waals surface area (Å²) in [6.45, 7) is 0. The van der Waals surface area contributed by atoms with Gasteiger partial charge in [-0.2, -0.15) is 0 Å². The van der Waals surface area contributed by atoms with Crippen LogP contribution in [0, 0.1) is 0 Å². The minimum absolute atomic E-state index is 0. The summed E-state index contributed by atoms with van der Waals surface area (Å²) in [5.74, 6) is 0. The minimum atomic E-state index is -4.61. The molecule has 0 aliphatic carbocycles. The van der Waals surface area contributed by atoms with Crippen LogP contribution in [0.3, 0.4) is 0 Å². The summed E-state index contributed by atoms with van der Waals surface area (Å²) in [6, 6.07) is 0. The third kappa shape index (κ3) is 141. The summed E-state index contributed by atoms with van der Waals surface area (Å²) in [6.07, 6.45) is 0. The van der Waals surface area contributed by atoms with Gasteiger partial charge in [0.15, 0.2) is 17.4 Å². The maximum atomic E-state index is 7.33. The van der Waals surface area contributed by atoms with Crippen molar-refractivity contribution < 1.29 is 99.5 Å². The van der Waals surface area contributed by atoms with E-state index in [4.69, 9.17) is 19.2 Å². The molecule has 0 aromatic rings. The Kier molecular flexibility index (Phi) is 68.6. The van der Waals surface area contributed by atoms with E-state index in [9.17, 15) is 0 Å². The molecule has 0 fully saturated rings. The van der Waals surface area contributed by atoms with Gasteiger partial charge in [0.05, 0.1) is 0 Å². The van der Waals surface area contributed by atoms with E-state index in [2.05, 4.69) is 0 Å². The van der Waals surface area contributed by atoms with Gasteiger partial charge in [0.25, 0.3) is 0 Å². The van der Waals surface area contributed by atoms with Crippen LogP contribution >= 0.6 is 0 Å². The average molecular weight is 256 g/mol. The largest absolute Gasteiger partial charge is 1.00 e. The summed E-state index contributed by atoms with van der Waals surface area (Å²) in [4.78, 5) is 29.3. The number of halogens is 1. The second-order valence-electron chi connectivity index (χ2n) is 0.600. The molecule has 0 aliphatic heterocycles. The predicted molar refractivity (Wildman–Crippen MR) is 31.8 cm³/mol. The second kappa shape index (κ2) is 17.7. The Morgan fingerprint density at radius 1 is 1.00 bits per heavy atom. The first-order chi connectivity index (χ1) is 2.00. The molecular weight excluding hydrogens is 245 g/mol. The first-order valence-corrected chi connectivity index (χ1v) is 2.68. The fourth-order valence-corrected chi connectivity index (χ4v) is 0. The molecule has 0 rings (SSSR count). The first kappa shape index (κ1) is 38.8. The van der Waals surface area contributed by atoms with Gasteiger partial charge in [-0.3, -0.25) is 4.70 Å². The van der Waals surface area contributed by atoms with Crippen LogP contribution in [0.25, 0.3) is 0 Å². The molecule has 5 nitrogen and oxygen atoms in total. The molecule has 0 unspecified atom stereocenters. The van der Waals surface area contributed by atoms with Crippen molar-refractivity contribution in [3.63, 3.8) is 0 Å². The van der Waals surface area contributed by atoms with Crippen molar-refractivity contribution in [3.8, 4) is 0 Å². The Bertz CT molecular complexity index is 42.0. The molecule has 0 aromatic heterocycles. The van der Waals surface area contributed by atoms with E-state index in [1.807, 2.05) is 0 Å². The molecule has 0 saturated carbocycles. The van der Waals surface area contributed by atoms with E-state index in [-0.39, 0.29) is 97.7 Å². The van der Waals surface area contributed by atoms with Crippen LogP contribution in [0.15, 0.2) is 0 Å². The zero-order chi connectivity index (χ0) is 4.50. The van der Waals surface area contributed by atoms with Crippen LogP contribution in [0.2, 0.25) is 0 Å². The van der Waals surface area contributed by atoms with Crippen LogP contribution in [0.4, 0.5) is 4.70 Å². The Morgan fingerprint density at radius 2 is 1.00 bits per heavy atom. The minimum Gasteiger partial charge on any atom is -1.00 e. The fourth-order valence-electron chi connectivity index (χ4n) is 0. The van der Waals surface area contributed by atoms with Crippen molar-refractivity contribution in [1.82, 2.24) is 0 Å². The number of rotatable bonds is 0. The topological polar surface area (TPSA) is 112 Å². The molecule has 0 heterocycles. The molecule has 0 saturated heterocycles. The molecule has 62 valence electrons. The maximum absolute atomic E-state index is 7.33. The van der Waals surface area contributed by atoms with Gasteiger partial charge in [-0.05, 0) is 0 Å². The quantitative estimate of drug-likeness (QED) is 0.322. The molecular formula is H11AlCrFKO5Si. The van der Waals surface area contributed by atoms with Crippen molar-refractivity contribution in [2.75, 3.05) is 0 Å². The molecule has 0 bridgehead atoms. The van der Waals surface area contributed by atoms with Crippen LogP contribution in [0.1, 0.15) is 1.43 Å². The summed E-state index contributed by atoms with van der Waals surface area (Å²) >= 11 is 0. The maximum Gasteiger partial charge on any atom is 1.00 e. The van der Waals surface area contributed by atoms with Crippen molar-refractivity contribution in [1.29, 1.82) is 0 Å². The van der Waals surface area contributed by atoms with E-state index in [1.54, 1.807) is 0 Å². The summed E-state index contributed by atoms with van der Waals surface area (Å²) in [5, 5.41) is 0. The van der Waals surface area contributed by atoms with Crippen molar-refractivity contribution in [3.05, 3.63) is 0 Å².